The van der Waals surface area contributed by atoms with Crippen LogP contribution < -0.4 is 5.32 Å². The molecule has 0 spiro atoms. The van der Waals surface area contributed by atoms with Crippen molar-refractivity contribution in [2.75, 3.05) is 26.2 Å². The Balaban J connectivity index is 1.16. The van der Waals surface area contributed by atoms with Gasteiger partial charge in [0.15, 0.2) is 0 Å². The third-order valence-electron chi connectivity index (χ3n) is 8.36. The molecule has 0 radical (unpaired) electrons. The summed E-state index contributed by atoms with van der Waals surface area (Å²) in [6.07, 6.45) is 7.34. The molecule has 0 unspecified atom stereocenters. The summed E-state index contributed by atoms with van der Waals surface area (Å²) in [4.78, 5) is 36.6. The highest BCUT2D eigenvalue weighted by Crippen LogP contribution is 2.30. The second-order valence-corrected chi connectivity index (χ2v) is 11.8. The summed E-state index contributed by atoms with van der Waals surface area (Å²) in [6.45, 7) is 3.80. The number of nitrogens with zero attached hydrogens (tertiary/aromatic N) is 2. The lowest BCUT2D eigenvalue weighted by Gasteiger charge is -2.30. The first kappa shape index (κ1) is 29.7. The highest BCUT2D eigenvalue weighted by molar-refractivity contribution is 6.31. The van der Waals surface area contributed by atoms with E-state index < -0.39 is 0 Å². The maximum Gasteiger partial charge on any atom is 0.234 e. The summed E-state index contributed by atoms with van der Waals surface area (Å²) in [7, 11) is 0. The Kier molecular flexibility index (Phi) is 8.82. The van der Waals surface area contributed by atoms with E-state index in [0.717, 1.165) is 50.5 Å². The number of halogens is 2. The Morgan fingerprint density at radius 1 is 1.00 bits per heavy atom. The van der Waals surface area contributed by atoms with Gasteiger partial charge in [0, 0.05) is 77.9 Å². The molecule has 5 aromatic rings. The first-order valence-electron chi connectivity index (χ1n) is 14.9. The molecule has 0 saturated heterocycles. The third kappa shape index (κ3) is 6.72. The van der Waals surface area contributed by atoms with Crippen LogP contribution in [0.3, 0.4) is 0 Å². The van der Waals surface area contributed by atoms with Crippen LogP contribution >= 0.6 is 11.6 Å². The topological polar surface area (TPSA) is 84.2 Å². The van der Waals surface area contributed by atoms with Gasteiger partial charge in [-0.2, -0.15) is 0 Å². The van der Waals surface area contributed by atoms with Crippen molar-refractivity contribution in [1.29, 1.82) is 0 Å². The predicted octanol–water partition coefficient (Wildman–Crippen LogP) is 6.31. The summed E-state index contributed by atoms with van der Waals surface area (Å²) >= 11 is 6.42. The fraction of sp³-hybridized carbons (Fsp3) is 0.257. The molecule has 6 rings (SSSR count). The van der Waals surface area contributed by atoms with Gasteiger partial charge >= 0.3 is 0 Å². The number of para-hydroxylation sites is 1. The Labute approximate surface area is 260 Å². The van der Waals surface area contributed by atoms with E-state index in [9.17, 15) is 14.0 Å². The van der Waals surface area contributed by atoms with E-state index in [0.29, 0.717) is 37.6 Å². The molecule has 3 aromatic carbocycles. The van der Waals surface area contributed by atoms with Crippen LogP contribution in [-0.4, -0.2) is 63.8 Å². The summed E-state index contributed by atoms with van der Waals surface area (Å²) in [5.74, 6) is -0.443. The Bertz CT molecular complexity index is 1840. The van der Waals surface area contributed by atoms with Crippen molar-refractivity contribution in [3.05, 3.63) is 113 Å². The van der Waals surface area contributed by atoms with E-state index in [-0.39, 0.29) is 30.2 Å². The first-order valence-corrected chi connectivity index (χ1v) is 15.2. The van der Waals surface area contributed by atoms with E-state index in [1.165, 1.54) is 6.07 Å². The Hall–Kier alpha value is -4.40. The minimum atomic E-state index is -0.315. The van der Waals surface area contributed by atoms with Crippen LogP contribution in [0, 0.1) is 5.82 Å². The number of fused-ring (bicyclic) bond motifs is 2. The minimum Gasteiger partial charge on any atom is -0.361 e. The fourth-order valence-electron chi connectivity index (χ4n) is 6.06. The zero-order valence-electron chi connectivity index (χ0n) is 24.6. The standard InChI is InChI=1S/C35H35ClFN5O2/c1-23(43)42(20-25-6-2-4-8-32(25)36)21-28(16-26-18-38-33-9-5-3-7-29(26)33)40-35(44)22-41-14-12-24(13-15-41)31-19-39-34-11-10-27(37)17-30(31)34/h2-12,17-19,28,38-39H,13-16,20-22H2,1H3,(H,40,44)/t28-/m1/s1. The zero-order chi connectivity index (χ0) is 30.6. The smallest absolute Gasteiger partial charge is 0.234 e. The Morgan fingerprint density at radius 3 is 2.57 bits per heavy atom. The number of rotatable bonds is 10. The molecule has 1 aliphatic heterocycles. The number of aromatic nitrogens is 2. The third-order valence-corrected chi connectivity index (χ3v) is 8.73. The average Bonchev–Trinajstić information content (AvgIpc) is 3.62. The van der Waals surface area contributed by atoms with Crippen LogP contribution in [0.5, 0.6) is 0 Å². The summed E-state index contributed by atoms with van der Waals surface area (Å²) in [5, 5.41) is 5.80. The second-order valence-electron chi connectivity index (χ2n) is 11.4. The molecule has 0 saturated carbocycles. The number of H-pyrrole nitrogens is 2. The number of hydrogen-bond acceptors (Lipinski definition) is 3. The van der Waals surface area contributed by atoms with Crippen LogP contribution in [0.25, 0.3) is 27.4 Å². The lowest BCUT2D eigenvalue weighted by molar-refractivity contribution is -0.131. The number of nitrogens with one attached hydrogen (secondary N) is 3. The number of benzene rings is 3. The van der Waals surface area contributed by atoms with Crippen molar-refractivity contribution in [1.82, 2.24) is 25.1 Å². The lowest BCUT2D eigenvalue weighted by Crippen LogP contribution is -2.49. The van der Waals surface area contributed by atoms with E-state index in [2.05, 4.69) is 32.3 Å². The summed E-state index contributed by atoms with van der Waals surface area (Å²) < 4.78 is 13.9. The molecule has 0 fully saturated rings. The van der Waals surface area contributed by atoms with Crippen molar-refractivity contribution in [3.63, 3.8) is 0 Å². The number of aromatic amines is 2. The molecule has 0 aliphatic carbocycles. The van der Waals surface area contributed by atoms with Gasteiger partial charge in [-0.1, -0.05) is 54.1 Å². The van der Waals surface area contributed by atoms with Gasteiger partial charge in [-0.05, 0) is 59.9 Å². The molecule has 3 N–H and O–H groups in total. The van der Waals surface area contributed by atoms with E-state index in [4.69, 9.17) is 11.6 Å². The zero-order valence-corrected chi connectivity index (χ0v) is 25.3. The maximum absolute atomic E-state index is 13.9. The molecule has 226 valence electrons. The van der Waals surface area contributed by atoms with Gasteiger partial charge in [-0.25, -0.2) is 4.39 Å². The second kappa shape index (κ2) is 13.1. The lowest BCUT2D eigenvalue weighted by atomic mass is 9.99. The minimum absolute atomic E-state index is 0.0889. The number of carbonyl (C=O) groups excluding carboxylic acids is 2. The van der Waals surface area contributed by atoms with E-state index in [1.807, 2.05) is 54.9 Å². The molecule has 2 amide bonds. The van der Waals surface area contributed by atoms with Crippen LogP contribution in [0.15, 0.2) is 85.2 Å². The SMILES string of the molecule is CC(=O)N(Cc1ccccc1Cl)C[C@@H](Cc1c[nH]c2ccccc12)NC(=O)CN1CC=C(c2c[nH]c3ccc(F)cc23)CC1. The average molecular weight is 612 g/mol. The predicted molar refractivity (Wildman–Crippen MR) is 174 cm³/mol. The summed E-state index contributed by atoms with van der Waals surface area (Å²) in [5.41, 5.74) is 6.02. The molecule has 0 bridgehead atoms. The van der Waals surface area contributed by atoms with Gasteiger partial charge in [-0.15, -0.1) is 0 Å². The van der Waals surface area contributed by atoms with Gasteiger partial charge in [-0.3, -0.25) is 14.5 Å². The molecule has 9 heteroatoms. The molecular weight excluding hydrogens is 577 g/mol. The highest BCUT2D eigenvalue weighted by atomic mass is 35.5. The largest absolute Gasteiger partial charge is 0.361 e. The van der Waals surface area contributed by atoms with E-state index in [1.54, 1.807) is 24.0 Å². The first-order chi connectivity index (χ1) is 21.3. The van der Waals surface area contributed by atoms with Crippen molar-refractivity contribution in [2.24, 2.45) is 0 Å². The van der Waals surface area contributed by atoms with Crippen molar-refractivity contribution < 1.29 is 14.0 Å². The van der Waals surface area contributed by atoms with E-state index >= 15 is 0 Å². The number of hydrogen-bond donors (Lipinski definition) is 3. The van der Waals surface area contributed by atoms with Crippen molar-refractivity contribution in [2.45, 2.75) is 32.4 Å². The Morgan fingerprint density at radius 2 is 1.77 bits per heavy atom. The van der Waals surface area contributed by atoms with Crippen LogP contribution in [0.4, 0.5) is 4.39 Å². The van der Waals surface area contributed by atoms with Gasteiger partial charge in [0.1, 0.15) is 5.82 Å². The molecule has 44 heavy (non-hydrogen) atoms. The molecule has 3 heterocycles. The van der Waals surface area contributed by atoms with Gasteiger partial charge in [0.2, 0.25) is 11.8 Å². The maximum atomic E-state index is 13.9. The van der Waals surface area contributed by atoms with Crippen LogP contribution in [0.1, 0.15) is 30.0 Å². The fourth-order valence-corrected chi connectivity index (χ4v) is 6.26. The van der Waals surface area contributed by atoms with Gasteiger partial charge in [0.05, 0.1) is 12.6 Å². The monoisotopic (exact) mass is 611 g/mol. The molecule has 2 aromatic heterocycles. The van der Waals surface area contributed by atoms with Crippen LogP contribution in [0.2, 0.25) is 5.02 Å². The molecule has 1 atom stereocenters. The normalized spacial score (nSPS) is 14.5. The molecule has 7 nitrogen and oxygen atoms in total. The van der Waals surface area contributed by atoms with Gasteiger partial charge in [0.25, 0.3) is 0 Å². The molecular formula is C35H35ClFN5O2. The van der Waals surface area contributed by atoms with Crippen LogP contribution in [-0.2, 0) is 22.6 Å². The summed E-state index contributed by atoms with van der Waals surface area (Å²) in [6, 6.07) is 20.0. The van der Waals surface area contributed by atoms with Gasteiger partial charge < -0.3 is 20.2 Å². The number of amides is 2. The highest BCUT2D eigenvalue weighted by Gasteiger charge is 2.23. The molecule has 1 aliphatic rings. The quantitative estimate of drug-likeness (QED) is 0.173. The number of carbonyl (C=O) groups is 2. The van der Waals surface area contributed by atoms with Crippen molar-refractivity contribution >= 4 is 50.8 Å². The van der Waals surface area contributed by atoms with Crippen molar-refractivity contribution in [3.8, 4) is 0 Å².